The third-order valence-electron chi connectivity index (χ3n) is 1.64. The minimum absolute atomic E-state index is 0.0938. The first-order valence-electron chi connectivity index (χ1n) is 4.32. The van der Waals surface area contributed by atoms with Gasteiger partial charge in [-0.3, -0.25) is 4.79 Å². The van der Waals surface area contributed by atoms with Crippen molar-refractivity contribution in [2.24, 2.45) is 5.73 Å². The molecular formula is C10H12FNO2. The van der Waals surface area contributed by atoms with Crippen LogP contribution in [0.25, 0.3) is 0 Å². The van der Waals surface area contributed by atoms with Crippen LogP contribution in [0.5, 0.6) is 0 Å². The molecule has 0 amide bonds. The molecule has 1 rings (SSSR count). The highest BCUT2D eigenvalue weighted by Gasteiger charge is 2.01. The van der Waals surface area contributed by atoms with Crippen molar-refractivity contribution in [2.75, 3.05) is 6.54 Å². The van der Waals surface area contributed by atoms with Crippen molar-refractivity contribution in [2.45, 2.75) is 13.0 Å². The van der Waals surface area contributed by atoms with Crippen LogP contribution in [0.2, 0.25) is 0 Å². The van der Waals surface area contributed by atoms with Crippen LogP contribution < -0.4 is 5.73 Å². The highest BCUT2D eigenvalue weighted by Crippen LogP contribution is 2.05. The summed E-state index contributed by atoms with van der Waals surface area (Å²) in [5.41, 5.74) is 5.80. The summed E-state index contributed by atoms with van der Waals surface area (Å²) in [7, 11) is 0. The fourth-order valence-electron chi connectivity index (χ4n) is 0.981. The predicted molar refractivity (Wildman–Crippen MR) is 49.9 cm³/mol. The molecule has 4 heteroatoms. The van der Waals surface area contributed by atoms with Gasteiger partial charge in [0.05, 0.1) is 6.42 Å². The Kier molecular flexibility index (Phi) is 4.07. The molecule has 0 fully saturated rings. The zero-order valence-corrected chi connectivity index (χ0v) is 7.70. The molecule has 2 N–H and O–H groups in total. The fraction of sp³-hybridized carbons (Fsp3) is 0.300. The molecule has 0 heterocycles. The van der Waals surface area contributed by atoms with Gasteiger partial charge in [0, 0.05) is 6.54 Å². The van der Waals surface area contributed by atoms with E-state index in [2.05, 4.69) is 0 Å². The molecule has 0 saturated heterocycles. The van der Waals surface area contributed by atoms with Gasteiger partial charge in [0.25, 0.3) is 0 Å². The van der Waals surface area contributed by atoms with Crippen LogP contribution in [0.15, 0.2) is 24.3 Å². The molecule has 14 heavy (non-hydrogen) atoms. The highest BCUT2D eigenvalue weighted by molar-refractivity contribution is 5.69. The van der Waals surface area contributed by atoms with Gasteiger partial charge < -0.3 is 10.5 Å². The Morgan fingerprint density at radius 1 is 1.50 bits per heavy atom. The molecule has 0 spiro atoms. The first-order chi connectivity index (χ1) is 6.72. The Labute approximate surface area is 81.7 Å². The molecule has 0 aliphatic carbocycles. The Balaban J connectivity index is 2.41. The lowest BCUT2D eigenvalue weighted by molar-refractivity contribution is -0.144. The normalized spacial score (nSPS) is 9.86. The average Bonchev–Trinajstić information content (AvgIpc) is 2.15. The molecule has 0 atom stereocenters. The molecule has 76 valence electrons. The predicted octanol–water partition coefficient (Wildman–Crippen LogP) is 1.22. The second-order valence-electron chi connectivity index (χ2n) is 2.83. The van der Waals surface area contributed by atoms with E-state index in [9.17, 15) is 9.18 Å². The zero-order valence-electron chi connectivity index (χ0n) is 7.70. The van der Waals surface area contributed by atoms with Gasteiger partial charge in [-0.2, -0.15) is 0 Å². The Hall–Kier alpha value is -1.42. The summed E-state index contributed by atoms with van der Waals surface area (Å²) in [6, 6.07) is 5.93. The van der Waals surface area contributed by atoms with E-state index in [1.54, 1.807) is 12.1 Å². The van der Waals surface area contributed by atoms with Crippen molar-refractivity contribution in [3.8, 4) is 0 Å². The van der Waals surface area contributed by atoms with Gasteiger partial charge in [-0.15, -0.1) is 0 Å². The molecule has 1 aromatic rings. The quantitative estimate of drug-likeness (QED) is 0.738. The highest BCUT2D eigenvalue weighted by atomic mass is 19.1. The zero-order chi connectivity index (χ0) is 10.4. The monoisotopic (exact) mass is 197 g/mol. The number of hydrogen-bond donors (Lipinski definition) is 1. The van der Waals surface area contributed by atoms with E-state index < -0.39 is 0 Å². The second kappa shape index (κ2) is 5.34. The van der Waals surface area contributed by atoms with Gasteiger partial charge in [0.1, 0.15) is 12.4 Å². The van der Waals surface area contributed by atoms with Crippen LogP contribution in [0.4, 0.5) is 4.39 Å². The number of halogens is 1. The standard InChI is InChI=1S/C10H12FNO2/c11-9-3-1-2-8(6-9)7-14-10(13)4-5-12/h1-3,6H,4-5,7,12H2. The number of carbonyl (C=O) groups is 1. The van der Waals surface area contributed by atoms with Crippen LogP contribution in [-0.4, -0.2) is 12.5 Å². The summed E-state index contributed by atoms with van der Waals surface area (Å²) in [5.74, 6) is -0.700. The first-order valence-corrected chi connectivity index (χ1v) is 4.32. The lowest BCUT2D eigenvalue weighted by Gasteiger charge is -2.03. The number of carbonyl (C=O) groups excluding carboxylic acids is 1. The minimum Gasteiger partial charge on any atom is -0.461 e. The van der Waals surface area contributed by atoms with Crippen molar-refractivity contribution in [1.82, 2.24) is 0 Å². The van der Waals surface area contributed by atoms with Crippen molar-refractivity contribution < 1.29 is 13.9 Å². The van der Waals surface area contributed by atoms with Gasteiger partial charge in [-0.05, 0) is 17.7 Å². The van der Waals surface area contributed by atoms with Gasteiger partial charge in [-0.25, -0.2) is 4.39 Å². The lowest BCUT2D eigenvalue weighted by Crippen LogP contribution is -2.11. The molecule has 0 unspecified atom stereocenters. The molecule has 0 aliphatic rings. The van der Waals surface area contributed by atoms with Gasteiger partial charge in [-0.1, -0.05) is 12.1 Å². The first kappa shape index (κ1) is 10.7. The molecular weight excluding hydrogens is 185 g/mol. The average molecular weight is 197 g/mol. The molecule has 0 saturated carbocycles. The number of esters is 1. The molecule has 1 aromatic carbocycles. The Bertz CT molecular complexity index is 315. The number of benzene rings is 1. The molecule has 0 bridgehead atoms. The smallest absolute Gasteiger partial charge is 0.307 e. The number of ether oxygens (including phenoxy) is 1. The SMILES string of the molecule is NCCC(=O)OCc1cccc(F)c1. The summed E-state index contributed by atoms with van der Waals surface area (Å²) in [4.78, 5) is 10.9. The van der Waals surface area contributed by atoms with E-state index >= 15 is 0 Å². The maximum Gasteiger partial charge on any atom is 0.307 e. The number of rotatable bonds is 4. The summed E-state index contributed by atoms with van der Waals surface area (Å²) in [6.07, 6.45) is 0.190. The van der Waals surface area contributed by atoms with E-state index in [0.29, 0.717) is 5.56 Å². The van der Waals surface area contributed by atoms with E-state index in [4.69, 9.17) is 10.5 Å². The van der Waals surface area contributed by atoms with Gasteiger partial charge in [0.15, 0.2) is 0 Å². The van der Waals surface area contributed by atoms with Gasteiger partial charge >= 0.3 is 5.97 Å². The molecule has 0 aliphatic heterocycles. The van der Waals surface area contributed by atoms with Crippen molar-refractivity contribution in [3.05, 3.63) is 35.6 Å². The minimum atomic E-state index is -0.364. The molecule has 0 radical (unpaired) electrons. The summed E-state index contributed by atoms with van der Waals surface area (Å²) < 4.78 is 17.5. The van der Waals surface area contributed by atoms with Crippen LogP contribution in [0.3, 0.4) is 0 Å². The van der Waals surface area contributed by atoms with Crippen LogP contribution >= 0.6 is 0 Å². The fourth-order valence-corrected chi connectivity index (χ4v) is 0.981. The third kappa shape index (κ3) is 3.53. The summed E-state index contributed by atoms with van der Waals surface area (Å²) in [6.45, 7) is 0.360. The molecule has 3 nitrogen and oxygen atoms in total. The Morgan fingerprint density at radius 2 is 2.29 bits per heavy atom. The van der Waals surface area contributed by atoms with Crippen molar-refractivity contribution in [1.29, 1.82) is 0 Å². The summed E-state index contributed by atoms with van der Waals surface area (Å²) in [5, 5.41) is 0. The van der Waals surface area contributed by atoms with Crippen LogP contribution in [0, 0.1) is 5.82 Å². The topological polar surface area (TPSA) is 52.3 Å². The van der Waals surface area contributed by atoms with E-state index in [1.165, 1.54) is 12.1 Å². The van der Waals surface area contributed by atoms with Crippen molar-refractivity contribution >= 4 is 5.97 Å². The van der Waals surface area contributed by atoms with Crippen LogP contribution in [-0.2, 0) is 16.1 Å². The maximum absolute atomic E-state index is 12.7. The summed E-state index contributed by atoms with van der Waals surface area (Å²) >= 11 is 0. The van der Waals surface area contributed by atoms with Crippen molar-refractivity contribution in [3.63, 3.8) is 0 Å². The third-order valence-corrected chi connectivity index (χ3v) is 1.64. The van der Waals surface area contributed by atoms with Crippen LogP contribution in [0.1, 0.15) is 12.0 Å². The molecule has 0 aromatic heterocycles. The Morgan fingerprint density at radius 3 is 2.93 bits per heavy atom. The number of hydrogen-bond acceptors (Lipinski definition) is 3. The van der Waals surface area contributed by atoms with E-state index in [0.717, 1.165) is 0 Å². The number of nitrogens with two attached hydrogens (primary N) is 1. The lowest BCUT2D eigenvalue weighted by atomic mass is 10.2. The maximum atomic E-state index is 12.7. The second-order valence-corrected chi connectivity index (χ2v) is 2.83. The van der Waals surface area contributed by atoms with E-state index in [-0.39, 0.29) is 31.4 Å². The van der Waals surface area contributed by atoms with Gasteiger partial charge in [0.2, 0.25) is 0 Å². The largest absolute Gasteiger partial charge is 0.461 e. The van der Waals surface area contributed by atoms with E-state index in [1.807, 2.05) is 0 Å².